The van der Waals surface area contributed by atoms with Gasteiger partial charge >= 0.3 is 0 Å². The summed E-state index contributed by atoms with van der Waals surface area (Å²) in [5, 5.41) is 4.32. The van der Waals surface area contributed by atoms with Crippen molar-refractivity contribution in [1.82, 2.24) is 9.97 Å². The molecule has 1 N–H and O–H groups in total. The maximum absolute atomic E-state index is 4.77. The van der Waals surface area contributed by atoms with E-state index in [4.69, 9.17) is 4.98 Å². The first-order valence-electron chi connectivity index (χ1n) is 7.75. The van der Waals surface area contributed by atoms with Gasteiger partial charge in [0.05, 0.1) is 5.39 Å². The molecule has 0 atom stereocenters. The van der Waals surface area contributed by atoms with Gasteiger partial charge in [0, 0.05) is 25.0 Å². The van der Waals surface area contributed by atoms with E-state index in [0.717, 1.165) is 36.1 Å². The number of hydrogen-bond acceptors (Lipinski definition) is 5. The Morgan fingerprint density at radius 3 is 2.86 bits per heavy atom. The highest BCUT2D eigenvalue weighted by atomic mass is 32.1. The lowest BCUT2D eigenvalue weighted by atomic mass is 9.84. The van der Waals surface area contributed by atoms with Gasteiger partial charge in [-0.2, -0.15) is 4.98 Å². The van der Waals surface area contributed by atoms with Crippen LogP contribution in [0.1, 0.15) is 38.5 Å². The molecule has 0 spiro atoms. The lowest BCUT2D eigenvalue weighted by Crippen LogP contribution is -2.40. The van der Waals surface area contributed by atoms with E-state index in [1.54, 1.807) is 11.3 Å². The fourth-order valence-corrected chi connectivity index (χ4v) is 4.05. The Balaban J connectivity index is 2.09. The Morgan fingerprint density at radius 2 is 2.19 bits per heavy atom. The number of piperidine rings is 1. The third-order valence-corrected chi connectivity index (χ3v) is 5.37. The van der Waals surface area contributed by atoms with E-state index in [9.17, 15) is 0 Å². The second kappa shape index (κ2) is 5.44. The number of thiophene rings is 1. The molecule has 1 aliphatic rings. The molecule has 4 nitrogen and oxygen atoms in total. The van der Waals surface area contributed by atoms with Crippen LogP contribution in [0.2, 0.25) is 0 Å². The predicted molar refractivity (Wildman–Crippen MR) is 91.6 cm³/mol. The normalized spacial score (nSPS) is 18.2. The minimum Gasteiger partial charge on any atom is -0.357 e. The van der Waals surface area contributed by atoms with Crippen molar-refractivity contribution in [2.45, 2.75) is 40.0 Å². The number of anilines is 2. The van der Waals surface area contributed by atoms with Gasteiger partial charge in [-0.1, -0.05) is 20.8 Å². The van der Waals surface area contributed by atoms with Gasteiger partial charge in [0.15, 0.2) is 0 Å². The van der Waals surface area contributed by atoms with Crippen molar-refractivity contribution in [3.8, 4) is 0 Å². The van der Waals surface area contributed by atoms with Crippen molar-refractivity contribution < 1.29 is 0 Å². The Kier molecular flexibility index (Phi) is 3.78. The van der Waals surface area contributed by atoms with Gasteiger partial charge in [-0.15, -0.1) is 11.3 Å². The van der Waals surface area contributed by atoms with Crippen molar-refractivity contribution in [2.24, 2.45) is 5.41 Å². The molecule has 3 heterocycles. The van der Waals surface area contributed by atoms with E-state index in [0.29, 0.717) is 5.41 Å². The van der Waals surface area contributed by atoms with Crippen LogP contribution in [-0.4, -0.2) is 30.1 Å². The smallest absolute Gasteiger partial charge is 0.225 e. The molecule has 1 fully saturated rings. The summed E-state index contributed by atoms with van der Waals surface area (Å²) in [5.74, 6) is 1.83. The zero-order valence-corrected chi connectivity index (χ0v) is 14.2. The van der Waals surface area contributed by atoms with Gasteiger partial charge in [0.2, 0.25) is 5.95 Å². The average Bonchev–Trinajstić information content (AvgIpc) is 2.88. The maximum atomic E-state index is 4.77. The zero-order chi connectivity index (χ0) is 15.0. The van der Waals surface area contributed by atoms with E-state index in [1.807, 2.05) is 7.05 Å². The molecule has 2 aromatic rings. The molecule has 0 amide bonds. The largest absolute Gasteiger partial charge is 0.357 e. The number of nitrogens with one attached hydrogen (secondary N) is 1. The van der Waals surface area contributed by atoms with Crippen LogP contribution >= 0.6 is 11.3 Å². The van der Waals surface area contributed by atoms with Crippen molar-refractivity contribution in [1.29, 1.82) is 0 Å². The molecular formula is C16H24N4S. The van der Waals surface area contributed by atoms with Crippen LogP contribution in [0.4, 0.5) is 11.8 Å². The Morgan fingerprint density at radius 1 is 1.38 bits per heavy atom. The summed E-state index contributed by atoms with van der Waals surface area (Å²) in [6, 6.07) is 2.27. The molecule has 5 heteroatoms. The third-order valence-electron chi connectivity index (χ3n) is 4.20. The highest BCUT2D eigenvalue weighted by Gasteiger charge is 2.28. The highest BCUT2D eigenvalue weighted by molar-refractivity contribution is 7.18. The molecule has 0 unspecified atom stereocenters. The predicted octanol–water partition coefficient (Wildman–Crippen LogP) is 3.92. The standard InChI is InChI=1S/C16H24N4S/c1-5-11-9-12-13(18-15(17-4)19-14(12)21-11)20-8-6-7-16(2,3)10-20/h9H,5-8,10H2,1-4H3,(H,17,18,19). The quantitative estimate of drug-likeness (QED) is 0.933. The van der Waals surface area contributed by atoms with Crippen LogP contribution < -0.4 is 10.2 Å². The van der Waals surface area contributed by atoms with Crippen LogP contribution in [0, 0.1) is 5.41 Å². The first-order chi connectivity index (χ1) is 10.0. The fraction of sp³-hybridized carbons (Fsp3) is 0.625. The Hall–Kier alpha value is -1.36. The second-order valence-electron chi connectivity index (χ2n) is 6.60. The monoisotopic (exact) mass is 304 g/mol. The molecule has 0 saturated carbocycles. The molecular weight excluding hydrogens is 280 g/mol. The van der Waals surface area contributed by atoms with E-state index in [1.165, 1.54) is 23.1 Å². The van der Waals surface area contributed by atoms with Crippen molar-refractivity contribution in [2.75, 3.05) is 30.4 Å². The summed E-state index contributed by atoms with van der Waals surface area (Å²) in [7, 11) is 1.89. The summed E-state index contributed by atoms with van der Waals surface area (Å²) in [5.41, 5.74) is 0.360. The Labute approximate surface area is 130 Å². The first kappa shape index (κ1) is 14.6. The molecule has 0 aliphatic carbocycles. The molecule has 1 aliphatic heterocycles. The lowest BCUT2D eigenvalue weighted by Gasteiger charge is -2.39. The van der Waals surface area contributed by atoms with E-state index < -0.39 is 0 Å². The number of aromatic nitrogens is 2. The molecule has 0 radical (unpaired) electrons. The molecule has 114 valence electrons. The van der Waals surface area contributed by atoms with E-state index in [2.05, 4.69) is 42.0 Å². The zero-order valence-electron chi connectivity index (χ0n) is 13.4. The topological polar surface area (TPSA) is 41.1 Å². The molecule has 0 aromatic carbocycles. The van der Waals surface area contributed by atoms with Gasteiger partial charge in [0.25, 0.3) is 0 Å². The summed E-state index contributed by atoms with van der Waals surface area (Å²) >= 11 is 1.79. The second-order valence-corrected chi connectivity index (χ2v) is 7.71. The van der Waals surface area contributed by atoms with Gasteiger partial charge < -0.3 is 10.2 Å². The van der Waals surface area contributed by atoms with Gasteiger partial charge in [-0.05, 0) is 30.7 Å². The van der Waals surface area contributed by atoms with Crippen LogP contribution in [0.5, 0.6) is 0 Å². The third kappa shape index (κ3) is 2.84. The van der Waals surface area contributed by atoms with Crippen molar-refractivity contribution in [3.63, 3.8) is 0 Å². The number of fused-ring (bicyclic) bond motifs is 1. The van der Waals surface area contributed by atoms with Crippen molar-refractivity contribution >= 4 is 33.3 Å². The van der Waals surface area contributed by atoms with Crippen LogP contribution in [0.3, 0.4) is 0 Å². The SMILES string of the molecule is CCc1cc2c(N3CCCC(C)(C)C3)nc(NC)nc2s1. The lowest BCUT2D eigenvalue weighted by molar-refractivity contribution is 0.292. The average molecular weight is 304 g/mol. The number of aryl methyl sites for hydroxylation is 1. The first-order valence-corrected chi connectivity index (χ1v) is 8.57. The maximum Gasteiger partial charge on any atom is 0.225 e. The molecule has 3 rings (SSSR count). The summed E-state index contributed by atoms with van der Waals surface area (Å²) in [6.07, 6.45) is 3.58. The van der Waals surface area contributed by atoms with E-state index in [-0.39, 0.29) is 0 Å². The van der Waals surface area contributed by atoms with Gasteiger partial charge in [0.1, 0.15) is 10.6 Å². The Bertz CT molecular complexity index is 647. The molecule has 1 saturated heterocycles. The minimum absolute atomic E-state index is 0.360. The van der Waals surface area contributed by atoms with Gasteiger partial charge in [-0.3, -0.25) is 0 Å². The summed E-state index contributed by atoms with van der Waals surface area (Å²) in [6.45, 7) is 9.06. The molecule has 2 aromatic heterocycles. The van der Waals surface area contributed by atoms with E-state index >= 15 is 0 Å². The highest BCUT2D eigenvalue weighted by Crippen LogP contribution is 2.36. The summed E-state index contributed by atoms with van der Waals surface area (Å²) < 4.78 is 0. The van der Waals surface area contributed by atoms with Crippen molar-refractivity contribution in [3.05, 3.63) is 10.9 Å². The summed E-state index contributed by atoms with van der Waals surface area (Å²) in [4.78, 5) is 14.3. The van der Waals surface area contributed by atoms with Crippen LogP contribution in [-0.2, 0) is 6.42 Å². The number of hydrogen-bond donors (Lipinski definition) is 1. The van der Waals surface area contributed by atoms with Gasteiger partial charge in [-0.25, -0.2) is 4.98 Å². The molecule has 0 bridgehead atoms. The van der Waals surface area contributed by atoms with Crippen LogP contribution in [0.25, 0.3) is 10.2 Å². The molecule has 21 heavy (non-hydrogen) atoms. The van der Waals surface area contributed by atoms with Crippen LogP contribution in [0.15, 0.2) is 6.07 Å². The fourth-order valence-electron chi connectivity index (χ4n) is 3.09. The number of rotatable bonds is 3. The number of nitrogens with zero attached hydrogens (tertiary/aromatic N) is 3. The minimum atomic E-state index is 0.360.